The van der Waals surface area contributed by atoms with Crippen LogP contribution < -0.4 is 0 Å². The molecule has 0 aromatic rings. The normalized spacial score (nSPS) is 24.8. The number of amides is 3. The number of allylic oxidation sites excluding steroid dienone is 1. The minimum Gasteiger partial charge on any atom is -0.394 e. The number of aliphatic hydroxyl groups excluding tert-OH is 1. The fourth-order valence-corrected chi connectivity index (χ4v) is 2.35. The molecule has 0 radical (unpaired) electrons. The van der Waals surface area contributed by atoms with Crippen LogP contribution in [-0.2, 0) is 4.79 Å². The first-order valence-electron chi connectivity index (χ1n) is 6.50. The molecule has 0 bridgehead atoms. The Morgan fingerprint density at radius 3 is 2.65 bits per heavy atom. The molecular formula is C13H18N4O3. The third-order valence-electron chi connectivity index (χ3n) is 3.47. The molecule has 2 heterocycles. The smallest absolute Gasteiger partial charge is 0.331 e. The van der Waals surface area contributed by atoms with Crippen LogP contribution in [0, 0.1) is 5.92 Å². The number of imide groups is 1. The summed E-state index contributed by atoms with van der Waals surface area (Å²) in [6, 6.07) is -0.403. The van der Waals surface area contributed by atoms with Crippen LogP contribution in [0.1, 0.15) is 13.3 Å². The Morgan fingerprint density at radius 2 is 2.05 bits per heavy atom. The van der Waals surface area contributed by atoms with E-state index in [1.165, 1.54) is 11.9 Å². The molecule has 108 valence electrons. The maximum Gasteiger partial charge on any atom is 0.331 e. The van der Waals surface area contributed by atoms with E-state index < -0.39 is 11.9 Å². The highest BCUT2D eigenvalue weighted by Gasteiger charge is 2.45. The van der Waals surface area contributed by atoms with Gasteiger partial charge in [-0.25, -0.2) is 9.79 Å². The number of urea groups is 1. The van der Waals surface area contributed by atoms with Gasteiger partial charge in [0, 0.05) is 20.3 Å². The van der Waals surface area contributed by atoms with E-state index >= 15 is 0 Å². The van der Waals surface area contributed by atoms with Gasteiger partial charge in [-0.1, -0.05) is 6.92 Å². The number of fused-ring (bicyclic) bond motifs is 1. The second kappa shape index (κ2) is 5.54. The van der Waals surface area contributed by atoms with Crippen molar-refractivity contribution in [3.8, 4) is 0 Å². The fraction of sp³-hybridized carbons (Fsp3) is 0.538. The first kappa shape index (κ1) is 14.4. The van der Waals surface area contributed by atoms with Crippen molar-refractivity contribution < 1.29 is 14.7 Å². The molecule has 0 saturated carbocycles. The van der Waals surface area contributed by atoms with Gasteiger partial charge in [-0.3, -0.25) is 19.6 Å². The van der Waals surface area contributed by atoms with Crippen LogP contribution in [0.3, 0.4) is 0 Å². The van der Waals surface area contributed by atoms with E-state index in [9.17, 15) is 9.59 Å². The maximum atomic E-state index is 12.4. The van der Waals surface area contributed by atoms with E-state index in [1.54, 1.807) is 13.2 Å². The van der Waals surface area contributed by atoms with Crippen molar-refractivity contribution in [1.29, 1.82) is 0 Å². The summed E-state index contributed by atoms with van der Waals surface area (Å²) in [5, 5.41) is 8.95. The summed E-state index contributed by atoms with van der Waals surface area (Å²) in [5.41, 5.74) is 1.46. The first-order valence-corrected chi connectivity index (χ1v) is 6.50. The molecule has 7 heteroatoms. The minimum atomic E-state index is -0.658. The average Bonchev–Trinajstić information content (AvgIpc) is 2.47. The van der Waals surface area contributed by atoms with Gasteiger partial charge >= 0.3 is 6.03 Å². The Kier molecular flexibility index (Phi) is 3.99. The number of hydrogen-bond acceptors (Lipinski definition) is 5. The highest BCUT2D eigenvalue weighted by molar-refractivity contribution is 6.33. The summed E-state index contributed by atoms with van der Waals surface area (Å²) in [4.78, 5) is 35.3. The summed E-state index contributed by atoms with van der Waals surface area (Å²) in [6.07, 6.45) is 2.33. The molecule has 1 unspecified atom stereocenters. The summed E-state index contributed by atoms with van der Waals surface area (Å²) < 4.78 is 0. The van der Waals surface area contributed by atoms with Gasteiger partial charge in [-0.2, -0.15) is 0 Å². The van der Waals surface area contributed by atoms with Crippen molar-refractivity contribution in [1.82, 2.24) is 9.80 Å². The molecule has 0 aliphatic carbocycles. The number of aliphatic hydroxyl groups is 1. The SMILES string of the molecule is CCC1=CN=C2C(C(=O)N(C)C(=O)N2C)C1=NCCO. The maximum absolute atomic E-state index is 12.4. The molecular weight excluding hydrogens is 260 g/mol. The van der Waals surface area contributed by atoms with E-state index in [1.807, 2.05) is 6.92 Å². The van der Waals surface area contributed by atoms with Crippen LogP contribution in [0.2, 0.25) is 0 Å². The lowest BCUT2D eigenvalue weighted by Crippen LogP contribution is -2.59. The number of carbonyl (C=O) groups excluding carboxylic acids is 2. The summed E-state index contributed by atoms with van der Waals surface area (Å²) in [7, 11) is 3.04. The Balaban J connectivity index is 2.50. The Hall–Kier alpha value is -2.02. The molecule has 1 saturated heterocycles. The van der Waals surface area contributed by atoms with E-state index in [-0.39, 0.29) is 19.1 Å². The highest BCUT2D eigenvalue weighted by atomic mass is 16.3. The van der Waals surface area contributed by atoms with E-state index in [0.717, 1.165) is 10.5 Å². The predicted octanol–water partition coefficient (Wildman–Crippen LogP) is 0.266. The number of rotatable bonds is 3. The Bertz CT molecular complexity index is 536. The molecule has 1 atom stereocenters. The van der Waals surface area contributed by atoms with E-state index in [4.69, 9.17) is 5.11 Å². The van der Waals surface area contributed by atoms with Crippen molar-refractivity contribution >= 4 is 23.5 Å². The van der Waals surface area contributed by atoms with Crippen molar-refractivity contribution in [3.05, 3.63) is 11.8 Å². The molecule has 20 heavy (non-hydrogen) atoms. The molecule has 2 rings (SSSR count). The minimum absolute atomic E-state index is 0.0848. The molecule has 7 nitrogen and oxygen atoms in total. The van der Waals surface area contributed by atoms with Gasteiger partial charge < -0.3 is 5.11 Å². The summed E-state index contributed by atoms with van der Waals surface area (Å²) in [5.74, 6) is -0.594. The number of hydrogen-bond donors (Lipinski definition) is 1. The second-order valence-corrected chi connectivity index (χ2v) is 4.66. The molecule has 1 fully saturated rings. The molecule has 0 aromatic heterocycles. The third kappa shape index (κ3) is 2.14. The lowest BCUT2D eigenvalue weighted by Gasteiger charge is -2.37. The average molecular weight is 278 g/mol. The summed E-state index contributed by atoms with van der Waals surface area (Å²) >= 11 is 0. The van der Waals surface area contributed by atoms with Gasteiger partial charge in [-0.15, -0.1) is 0 Å². The lowest BCUT2D eigenvalue weighted by atomic mass is 9.89. The van der Waals surface area contributed by atoms with E-state index in [2.05, 4.69) is 9.98 Å². The molecule has 0 aromatic carbocycles. The fourth-order valence-electron chi connectivity index (χ4n) is 2.35. The van der Waals surface area contributed by atoms with Gasteiger partial charge in [-0.05, 0) is 12.0 Å². The van der Waals surface area contributed by atoms with Gasteiger partial charge in [0.15, 0.2) is 0 Å². The zero-order chi connectivity index (χ0) is 14.9. The van der Waals surface area contributed by atoms with Crippen molar-refractivity contribution in [2.75, 3.05) is 27.2 Å². The standard InChI is InChI=1S/C13H18N4O3/c1-4-8-7-15-11-9(10(8)14-5-6-18)12(19)17(3)13(20)16(11)2/h7,9,18H,4-6H2,1-3H3. The molecule has 2 aliphatic rings. The quantitative estimate of drug-likeness (QED) is 0.803. The van der Waals surface area contributed by atoms with Crippen LogP contribution in [0.4, 0.5) is 4.79 Å². The van der Waals surface area contributed by atoms with Crippen LogP contribution in [0.5, 0.6) is 0 Å². The number of aliphatic imine (C=N–C) groups is 2. The van der Waals surface area contributed by atoms with Gasteiger partial charge in [0.1, 0.15) is 11.8 Å². The zero-order valence-electron chi connectivity index (χ0n) is 11.8. The highest BCUT2D eigenvalue weighted by Crippen LogP contribution is 2.26. The summed E-state index contributed by atoms with van der Waals surface area (Å²) in [6.45, 7) is 2.09. The molecule has 3 amide bonds. The van der Waals surface area contributed by atoms with Crippen LogP contribution >= 0.6 is 0 Å². The van der Waals surface area contributed by atoms with E-state index in [0.29, 0.717) is 18.0 Å². The predicted molar refractivity (Wildman–Crippen MR) is 74.6 cm³/mol. The molecule has 1 N–H and O–H groups in total. The second-order valence-electron chi connectivity index (χ2n) is 4.66. The monoisotopic (exact) mass is 278 g/mol. The number of nitrogens with zero attached hydrogens (tertiary/aromatic N) is 4. The third-order valence-corrected chi connectivity index (χ3v) is 3.47. The van der Waals surface area contributed by atoms with Gasteiger partial charge in [0.2, 0.25) is 5.91 Å². The van der Waals surface area contributed by atoms with Crippen LogP contribution in [-0.4, -0.2) is 65.6 Å². The Labute approximate surface area is 117 Å². The van der Waals surface area contributed by atoms with Crippen molar-refractivity contribution in [3.63, 3.8) is 0 Å². The van der Waals surface area contributed by atoms with Crippen LogP contribution in [0.25, 0.3) is 0 Å². The molecule has 2 aliphatic heterocycles. The van der Waals surface area contributed by atoms with Crippen molar-refractivity contribution in [2.45, 2.75) is 13.3 Å². The first-order chi connectivity index (χ1) is 9.52. The molecule has 0 spiro atoms. The van der Waals surface area contributed by atoms with Gasteiger partial charge in [0.05, 0.1) is 18.9 Å². The lowest BCUT2D eigenvalue weighted by molar-refractivity contribution is -0.128. The zero-order valence-corrected chi connectivity index (χ0v) is 11.8. The largest absolute Gasteiger partial charge is 0.394 e. The topological polar surface area (TPSA) is 85.6 Å². The Morgan fingerprint density at radius 1 is 1.35 bits per heavy atom. The number of amidine groups is 1. The van der Waals surface area contributed by atoms with Crippen molar-refractivity contribution in [2.24, 2.45) is 15.9 Å². The van der Waals surface area contributed by atoms with Crippen LogP contribution in [0.15, 0.2) is 21.8 Å². The number of carbonyl (C=O) groups is 2. The van der Waals surface area contributed by atoms with Gasteiger partial charge in [0.25, 0.3) is 0 Å².